The molecule has 0 bridgehead atoms. The SMILES string of the molecule is Cc1cc(C)cc(CCC(C)NC(=O)CCl)c1. The van der Waals surface area contributed by atoms with Gasteiger partial charge in [0.25, 0.3) is 0 Å². The number of carbonyl (C=O) groups is 1. The van der Waals surface area contributed by atoms with Gasteiger partial charge in [-0.05, 0) is 39.2 Å². The molecular weight excluding hydrogens is 234 g/mol. The van der Waals surface area contributed by atoms with E-state index in [2.05, 4.69) is 37.4 Å². The third kappa shape index (κ3) is 5.22. The molecule has 2 nitrogen and oxygen atoms in total. The molecule has 3 heteroatoms. The zero-order valence-corrected chi connectivity index (χ0v) is 11.5. The number of hydrogen-bond acceptors (Lipinski definition) is 1. The van der Waals surface area contributed by atoms with Crippen LogP contribution in [0.5, 0.6) is 0 Å². The van der Waals surface area contributed by atoms with Gasteiger partial charge < -0.3 is 5.32 Å². The molecule has 1 amide bonds. The standard InChI is InChI=1S/C14H20ClNO/c1-10-6-11(2)8-13(7-10)5-4-12(3)16-14(17)9-15/h6-8,12H,4-5,9H2,1-3H3,(H,16,17). The van der Waals surface area contributed by atoms with Gasteiger partial charge in [0.1, 0.15) is 5.88 Å². The molecule has 0 aliphatic carbocycles. The Hall–Kier alpha value is -1.02. The molecule has 0 saturated heterocycles. The summed E-state index contributed by atoms with van der Waals surface area (Å²) in [5, 5.41) is 2.86. The quantitative estimate of drug-likeness (QED) is 0.804. The number of aryl methyl sites for hydroxylation is 3. The Morgan fingerprint density at radius 1 is 1.29 bits per heavy atom. The van der Waals surface area contributed by atoms with Crippen molar-refractivity contribution >= 4 is 17.5 Å². The van der Waals surface area contributed by atoms with Crippen LogP contribution in [0.4, 0.5) is 0 Å². The summed E-state index contributed by atoms with van der Waals surface area (Å²) >= 11 is 5.44. The van der Waals surface area contributed by atoms with Gasteiger partial charge >= 0.3 is 0 Å². The number of hydrogen-bond donors (Lipinski definition) is 1. The number of nitrogens with one attached hydrogen (secondary N) is 1. The van der Waals surface area contributed by atoms with Crippen molar-refractivity contribution in [2.75, 3.05) is 5.88 Å². The molecule has 0 aromatic heterocycles. The second-order valence-corrected chi connectivity index (χ2v) is 4.90. The van der Waals surface area contributed by atoms with E-state index >= 15 is 0 Å². The predicted octanol–water partition coefficient (Wildman–Crippen LogP) is 2.98. The van der Waals surface area contributed by atoms with Crippen molar-refractivity contribution in [3.05, 3.63) is 34.9 Å². The van der Waals surface area contributed by atoms with Crippen LogP contribution in [0.2, 0.25) is 0 Å². The van der Waals surface area contributed by atoms with Gasteiger partial charge in [0, 0.05) is 6.04 Å². The molecule has 1 aromatic rings. The van der Waals surface area contributed by atoms with E-state index in [1.165, 1.54) is 16.7 Å². The Kier molecular flexibility index (Phi) is 5.49. The Morgan fingerprint density at radius 3 is 2.41 bits per heavy atom. The minimum Gasteiger partial charge on any atom is -0.353 e. The van der Waals surface area contributed by atoms with Crippen molar-refractivity contribution < 1.29 is 4.79 Å². The first-order chi connectivity index (χ1) is 8.01. The fourth-order valence-corrected chi connectivity index (χ4v) is 2.06. The summed E-state index contributed by atoms with van der Waals surface area (Å²) in [6.45, 7) is 6.22. The average molecular weight is 254 g/mol. The summed E-state index contributed by atoms with van der Waals surface area (Å²) in [6, 6.07) is 6.73. The van der Waals surface area contributed by atoms with Gasteiger partial charge in [-0.3, -0.25) is 4.79 Å². The number of benzene rings is 1. The van der Waals surface area contributed by atoms with Gasteiger partial charge in [0.05, 0.1) is 0 Å². The van der Waals surface area contributed by atoms with Crippen molar-refractivity contribution in [1.29, 1.82) is 0 Å². The van der Waals surface area contributed by atoms with E-state index in [9.17, 15) is 4.79 Å². The van der Waals surface area contributed by atoms with E-state index in [0.29, 0.717) is 0 Å². The first kappa shape index (κ1) is 14.0. The zero-order chi connectivity index (χ0) is 12.8. The normalized spacial score (nSPS) is 12.2. The second-order valence-electron chi connectivity index (χ2n) is 4.64. The first-order valence-corrected chi connectivity index (χ1v) is 6.47. The van der Waals surface area contributed by atoms with Crippen LogP contribution < -0.4 is 5.32 Å². The fourth-order valence-electron chi connectivity index (χ4n) is 1.98. The molecule has 0 aliphatic rings. The largest absolute Gasteiger partial charge is 0.353 e. The first-order valence-electron chi connectivity index (χ1n) is 5.93. The molecule has 17 heavy (non-hydrogen) atoms. The van der Waals surface area contributed by atoms with Crippen LogP contribution in [0, 0.1) is 13.8 Å². The van der Waals surface area contributed by atoms with Gasteiger partial charge in [-0.1, -0.05) is 29.3 Å². The van der Waals surface area contributed by atoms with E-state index in [0.717, 1.165) is 12.8 Å². The number of amides is 1. The van der Waals surface area contributed by atoms with Crippen molar-refractivity contribution in [3.8, 4) is 0 Å². The van der Waals surface area contributed by atoms with E-state index in [-0.39, 0.29) is 17.8 Å². The van der Waals surface area contributed by atoms with Gasteiger partial charge in [-0.15, -0.1) is 11.6 Å². The lowest BCUT2D eigenvalue weighted by atomic mass is 10.0. The van der Waals surface area contributed by atoms with E-state index < -0.39 is 0 Å². The van der Waals surface area contributed by atoms with Crippen molar-refractivity contribution in [2.45, 2.75) is 39.7 Å². The molecule has 1 unspecified atom stereocenters. The molecule has 1 aromatic carbocycles. The highest BCUT2D eigenvalue weighted by Crippen LogP contribution is 2.11. The summed E-state index contributed by atoms with van der Waals surface area (Å²) in [4.78, 5) is 11.1. The van der Waals surface area contributed by atoms with E-state index in [1.807, 2.05) is 6.92 Å². The number of halogens is 1. The molecule has 0 radical (unpaired) electrons. The minimum absolute atomic E-state index is 0.0356. The predicted molar refractivity (Wildman–Crippen MR) is 72.6 cm³/mol. The fraction of sp³-hybridized carbons (Fsp3) is 0.500. The maximum absolute atomic E-state index is 11.1. The molecule has 0 saturated carbocycles. The summed E-state index contributed by atoms with van der Waals surface area (Å²) in [7, 11) is 0. The van der Waals surface area contributed by atoms with Crippen LogP contribution in [-0.4, -0.2) is 17.8 Å². The number of rotatable bonds is 5. The molecule has 1 rings (SSSR count). The third-order valence-corrected chi connectivity index (χ3v) is 2.92. The number of carbonyl (C=O) groups excluding carboxylic acids is 1. The Labute approximate surface area is 108 Å². The molecule has 0 fully saturated rings. The van der Waals surface area contributed by atoms with Crippen LogP contribution in [-0.2, 0) is 11.2 Å². The van der Waals surface area contributed by atoms with Crippen LogP contribution >= 0.6 is 11.6 Å². The third-order valence-electron chi connectivity index (χ3n) is 2.68. The molecule has 94 valence electrons. The highest BCUT2D eigenvalue weighted by Gasteiger charge is 2.06. The molecule has 1 atom stereocenters. The Morgan fingerprint density at radius 2 is 1.88 bits per heavy atom. The smallest absolute Gasteiger partial charge is 0.235 e. The van der Waals surface area contributed by atoms with E-state index in [1.54, 1.807) is 0 Å². The monoisotopic (exact) mass is 253 g/mol. The lowest BCUT2D eigenvalue weighted by molar-refractivity contribution is -0.119. The lowest BCUT2D eigenvalue weighted by Crippen LogP contribution is -2.33. The summed E-state index contributed by atoms with van der Waals surface area (Å²) in [6.07, 6.45) is 1.91. The highest BCUT2D eigenvalue weighted by atomic mass is 35.5. The summed E-state index contributed by atoms with van der Waals surface area (Å²) in [5.41, 5.74) is 3.91. The molecule has 0 heterocycles. The van der Waals surface area contributed by atoms with Gasteiger partial charge in [0.15, 0.2) is 0 Å². The maximum Gasteiger partial charge on any atom is 0.235 e. The second kappa shape index (κ2) is 6.65. The van der Waals surface area contributed by atoms with Gasteiger partial charge in [0.2, 0.25) is 5.91 Å². The van der Waals surface area contributed by atoms with Crippen LogP contribution in [0.25, 0.3) is 0 Å². The Balaban J connectivity index is 2.47. The van der Waals surface area contributed by atoms with Crippen LogP contribution in [0.1, 0.15) is 30.0 Å². The topological polar surface area (TPSA) is 29.1 Å². The van der Waals surface area contributed by atoms with Crippen LogP contribution in [0.15, 0.2) is 18.2 Å². The maximum atomic E-state index is 11.1. The molecular formula is C14H20ClNO. The number of alkyl halides is 1. The molecule has 0 aliphatic heterocycles. The highest BCUT2D eigenvalue weighted by molar-refractivity contribution is 6.27. The van der Waals surface area contributed by atoms with Gasteiger partial charge in [-0.25, -0.2) is 0 Å². The van der Waals surface area contributed by atoms with E-state index in [4.69, 9.17) is 11.6 Å². The Bertz CT molecular complexity index is 370. The lowest BCUT2D eigenvalue weighted by Gasteiger charge is -2.13. The molecule has 0 spiro atoms. The summed E-state index contributed by atoms with van der Waals surface area (Å²) in [5.74, 6) is -0.0620. The van der Waals surface area contributed by atoms with Gasteiger partial charge in [-0.2, -0.15) is 0 Å². The average Bonchev–Trinajstić information content (AvgIpc) is 2.25. The van der Waals surface area contributed by atoms with Crippen LogP contribution in [0.3, 0.4) is 0 Å². The van der Waals surface area contributed by atoms with Crippen molar-refractivity contribution in [3.63, 3.8) is 0 Å². The minimum atomic E-state index is -0.0976. The van der Waals surface area contributed by atoms with Crippen molar-refractivity contribution in [1.82, 2.24) is 5.32 Å². The zero-order valence-electron chi connectivity index (χ0n) is 10.7. The molecule has 1 N–H and O–H groups in total. The summed E-state index contributed by atoms with van der Waals surface area (Å²) < 4.78 is 0. The van der Waals surface area contributed by atoms with Crippen molar-refractivity contribution in [2.24, 2.45) is 0 Å².